The van der Waals surface area contributed by atoms with Crippen molar-refractivity contribution in [2.24, 2.45) is 0 Å². The van der Waals surface area contributed by atoms with Crippen LogP contribution in [0.25, 0.3) is 0 Å². The second-order valence-corrected chi connectivity index (χ2v) is 19.2. The van der Waals surface area contributed by atoms with Crippen molar-refractivity contribution in [2.45, 2.75) is 206 Å². The molecule has 0 saturated carbocycles. The van der Waals surface area contributed by atoms with Crippen LogP contribution in [-0.2, 0) is 38.0 Å². The number of nitrogens with zero attached hydrogens (tertiary/aromatic N) is 2. The number of ether oxygens (including phenoxy) is 6. The van der Waals surface area contributed by atoms with Gasteiger partial charge in [0.15, 0.2) is 12.2 Å². The quantitative estimate of drug-likeness (QED) is 0.0258. The van der Waals surface area contributed by atoms with Crippen LogP contribution in [0.1, 0.15) is 194 Å². The molecule has 2 unspecified atom stereocenters. The van der Waals surface area contributed by atoms with Gasteiger partial charge in [0.2, 0.25) is 0 Å². The molecule has 0 fully saturated rings. The Balaban J connectivity index is 5.60. The molecule has 0 amide bonds. The summed E-state index contributed by atoms with van der Waals surface area (Å²) in [5, 5.41) is 0. The van der Waals surface area contributed by atoms with Crippen molar-refractivity contribution in [3.8, 4) is 0 Å². The first kappa shape index (κ1) is 62.2. The van der Waals surface area contributed by atoms with E-state index in [0.29, 0.717) is 87.5 Å². The number of methoxy groups -OCH3 is 4. The smallest absolute Gasteiger partial charge is 0.306 e. The zero-order valence-corrected chi connectivity index (χ0v) is 43.5. The number of unbranched alkanes of at least 4 members (excludes halogenated alkanes) is 22. The Morgan fingerprint density at radius 1 is 0.391 bits per heavy atom. The van der Waals surface area contributed by atoms with E-state index >= 15 is 0 Å². The van der Waals surface area contributed by atoms with E-state index in [0.717, 1.165) is 51.4 Å². The Bertz CT molecular complexity index is 1000. The first-order valence-electron chi connectivity index (χ1n) is 26.4. The highest BCUT2D eigenvalue weighted by Gasteiger charge is 2.41. The SMILES string of the molecule is CCCCCCCCC=CCCCCCCCC(=O)OC(C[N+](C)(CCOC)CCOC)C(C[N+](C)(CCOC)CCOC)OC(=O)CCCCCCCC=CCCCCCCCC. The van der Waals surface area contributed by atoms with Crippen LogP contribution < -0.4 is 0 Å². The van der Waals surface area contributed by atoms with E-state index in [2.05, 4.69) is 52.2 Å². The molecule has 2 atom stereocenters. The molecule has 10 heteroatoms. The predicted octanol–water partition coefficient (Wildman–Crippen LogP) is 12.4. The van der Waals surface area contributed by atoms with Gasteiger partial charge in [0.1, 0.15) is 39.3 Å². The van der Waals surface area contributed by atoms with Gasteiger partial charge in [-0.1, -0.05) is 141 Å². The summed E-state index contributed by atoms with van der Waals surface area (Å²) in [5.41, 5.74) is 0. The minimum atomic E-state index is -0.644. The Kier molecular flexibility index (Phi) is 43.7. The van der Waals surface area contributed by atoms with Crippen LogP contribution in [0, 0.1) is 0 Å². The average molecular weight is 911 g/mol. The standard InChI is InChI=1S/C54H106N2O8/c1-9-11-13-15-17-19-21-23-25-27-29-31-33-35-37-39-53(57)63-51(49-55(3,41-45-59-5)42-46-60-6)52(50-56(4,43-47-61-7)44-48-62-8)64-54(58)40-38-36-34-32-30-28-26-24-22-20-18-16-14-12-10-2/h23-26,51-52H,9-22,27-50H2,1-8H3/q+2. The molecule has 0 bridgehead atoms. The highest BCUT2D eigenvalue weighted by Crippen LogP contribution is 2.21. The number of esters is 2. The maximum Gasteiger partial charge on any atom is 0.306 e. The number of hydrogen-bond acceptors (Lipinski definition) is 8. The number of rotatable bonds is 49. The van der Waals surface area contributed by atoms with Crippen molar-refractivity contribution in [1.82, 2.24) is 0 Å². The Labute approximate surface area is 396 Å². The van der Waals surface area contributed by atoms with Gasteiger partial charge in [0.05, 0.1) is 40.5 Å². The number of allylic oxidation sites excluding steroid dienone is 4. The Morgan fingerprint density at radius 2 is 0.641 bits per heavy atom. The number of carbonyl (C=O) groups is 2. The second kappa shape index (κ2) is 45.0. The second-order valence-electron chi connectivity index (χ2n) is 19.2. The fraction of sp³-hybridized carbons (Fsp3) is 0.889. The zero-order valence-electron chi connectivity index (χ0n) is 43.5. The molecule has 0 radical (unpaired) electrons. The van der Waals surface area contributed by atoms with Gasteiger partial charge in [-0.15, -0.1) is 0 Å². The third-order valence-corrected chi connectivity index (χ3v) is 12.8. The van der Waals surface area contributed by atoms with E-state index in [1.165, 1.54) is 116 Å². The normalized spacial score (nSPS) is 13.3. The summed E-state index contributed by atoms with van der Waals surface area (Å²) >= 11 is 0. The monoisotopic (exact) mass is 911 g/mol. The van der Waals surface area contributed by atoms with Crippen LogP contribution in [0.2, 0.25) is 0 Å². The van der Waals surface area contributed by atoms with Crippen molar-refractivity contribution in [2.75, 3.05) is 108 Å². The minimum absolute atomic E-state index is 0.228. The largest absolute Gasteiger partial charge is 0.452 e. The van der Waals surface area contributed by atoms with Crippen LogP contribution in [0.4, 0.5) is 0 Å². The van der Waals surface area contributed by atoms with Crippen LogP contribution >= 0.6 is 0 Å². The van der Waals surface area contributed by atoms with Gasteiger partial charge in [-0.25, -0.2) is 0 Å². The van der Waals surface area contributed by atoms with E-state index in [9.17, 15) is 9.59 Å². The summed E-state index contributed by atoms with van der Waals surface area (Å²) < 4.78 is 36.2. The van der Waals surface area contributed by atoms with Crippen LogP contribution in [0.15, 0.2) is 24.3 Å². The lowest BCUT2D eigenvalue weighted by Gasteiger charge is -2.41. The minimum Gasteiger partial charge on any atom is -0.452 e. The summed E-state index contributed by atoms with van der Waals surface area (Å²) in [7, 11) is 11.1. The maximum atomic E-state index is 13.8. The van der Waals surface area contributed by atoms with Crippen molar-refractivity contribution in [1.29, 1.82) is 0 Å². The van der Waals surface area contributed by atoms with Crippen molar-refractivity contribution in [3.63, 3.8) is 0 Å². The van der Waals surface area contributed by atoms with Crippen molar-refractivity contribution < 1.29 is 47.0 Å². The summed E-state index contributed by atoms with van der Waals surface area (Å²) in [5.74, 6) is -0.456. The van der Waals surface area contributed by atoms with Crippen LogP contribution in [0.3, 0.4) is 0 Å². The molecular weight excluding hydrogens is 805 g/mol. The van der Waals surface area contributed by atoms with Gasteiger partial charge in [0, 0.05) is 41.3 Å². The van der Waals surface area contributed by atoms with E-state index in [4.69, 9.17) is 28.4 Å². The topological polar surface area (TPSA) is 89.5 Å². The molecule has 10 nitrogen and oxygen atoms in total. The van der Waals surface area contributed by atoms with Crippen LogP contribution in [-0.4, -0.2) is 141 Å². The molecule has 64 heavy (non-hydrogen) atoms. The molecule has 378 valence electrons. The number of likely N-dealkylation sites (N-methyl/N-ethyl adjacent to an activating group) is 2. The van der Waals surface area contributed by atoms with Gasteiger partial charge in [-0.2, -0.15) is 0 Å². The number of quaternary nitrogens is 2. The first-order valence-corrected chi connectivity index (χ1v) is 26.4. The third-order valence-electron chi connectivity index (χ3n) is 12.8. The van der Waals surface area contributed by atoms with Gasteiger partial charge >= 0.3 is 11.9 Å². The highest BCUT2D eigenvalue weighted by molar-refractivity contribution is 5.70. The number of hydrogen-bond donors (Lipinski definition) is 0. The van der Waals surface area contributed by atoms with Crippen LogP contribution in [0.5, 0.6) is 0 Å². The lowest BCUT2D eigenvalue weighted by molar-refractivity contribution is -0.920. The van der Waals surface area contributed by atoms with Gasteiger partial charge < -0.3 is 37.4 Å². The summed E-state index contributed by atoms with van der Waals surface area (Å²) in [6.45, 7) is 10.5. The molecule has 0 saturated heterocycles. The number of carbonyl (C=O) groups excluding carboxylic acids is 2. The average Bonchev–Trinajstić information content (AvgIpc) is 3.28. The molecule has 0 aliphatic rings. The highest BCUT2D eigenvalue weighted by atomic mass is 16.6. The van der Waals surface area contributed by atoms with Gasteiger partial charge in [0.25, 0.3) is 0 Å². The molecule has 0 N–H and O–H groups in total. The first-order chi connectivity index (χ1) is 31.1. The van der Waals surface area contributed by atoms with Gasteiger partial charge in [-0.3, -0.25) is 9.59 Å². The van der Waals surface area contributed by atoms with E-state index in [1.54, 1.807) is 28.4 Å². The molecule has 0 aliphatic heterocycles. The third kappa shape index (κ3) is 38.3. The lowest BCUT2D eigenvalue weighted by Crippen LogP contribution is -2.60. The van der Waals surface area contributed by atoms with E-state index in [-0.39, 0.29) is 11.9 Å². The van der Waals surface area contributed by atoms with Crippen molar-refractivity contribution >= 4 is 11.9 Å². The van der Waals surface area contributed by atoms with E-state index < -0.39 is 12.2 Å². The lowest BCUT2D eigenvalue weighted by atomic mass is 10.1. The van der Waals surface area contributed by atoms with Gasteiger partial charge in [-0.05, 0) is 64.2 Å². The molecule has 0 aromatic rings. The Morgan fingerprint density at radius 3 is 0.906 bits per heavy atom. The zero-order chi connectivity index (χ0) is 47.3. The summed E-state index contributed by atoms with van der Waals surface area (Å²) in [4.78, 5) is 27.5. The molecule has 0 aliphatic carbocycles. The fourth-order valence-electron chi connectivity index (χ4n) is 8.30. The summed E-state index contributed by atoms with van der Waals surface area (Å²) in [6.07, 6.45) is 40.1. The molecule has 0 aromatic heterocycles. The maximum absolute atomic E-state index is 13.8. The molecular formula is C54H106N2O8+2. The predicted molar refractivity (Wildman–Crippen MR) is 268 cm³/mol. The molecule has 0 aromatic carbocycles. The molecule has 0 rings (SSSR count). The fourth-order valence-corrected chi connectivity index (χ4v) is 8.30. The van der Waals surface area contributed by atoms with Crippen molar-refractivity contribution in [3.05, 3.63) is 24.3 Å². The molecule has 0 spiro atoms. The summed E-state index contributed by atoms with van der Waals surface area (Å²) in [6, 6.07) is 0. The van der Waals surface area contributed by atoms with E-state index in [1.807, 2.05) is 0 Å². The Hall–Kier alpha value is -1.82. The molecule has 0 heterocycles.